The minimum atomic E-state index is 0.0430. The summed E-state index contributed by atoms with van der Waals surface area (Å²) in [4.78, 5) is 2.42. The summed E-state index contributed by atoms with van der Waals surface area (Å²) in [5.41, 5.74) is 2.32. The maximum Gasteiger partial charge on any atom is 0.121 e. The second-order valence-corrected chi connectivity index (χ2v) is 5.47. The van der Waals surface area contributed by atoms with Crippen molar-refractivity contribution in [1.82, 2.24) is 4.90 Å². The summed E-state index contributed by atoms with van der Waals surface area (Å²) in [5.74, 6) is 0.922. The first-order chi connectivity index (χ1) is 9.12. The van der Waals surface area contributed by atoms with E-state index in [2.05, 4.69) is 37.8 Å². The summed E-state index contributed by atoms with van der Waals surface area (Å²) in [6, 6.07) is 6.20. The molecule has 0 aliphatic rings. The van der Waals surface area contributed by atoms with Crippen LogP contribution in [-0.2, 0) is 0 Å². The van der Waals surface area contributed by atoms with E-state index in [9.17, 15) is 0 Å². The van der Waals surface area contributed by atoms with E-state index in [0.717, 1.165) is 30.9 Å². The van der Waals surface area contributed by atoms with Crippen molar-refractivity contribution in [1.29, 1.82) is 0 Å². The van der Waals surface area contributed by atoms with Crippen LogP contribution < -0.4 is 4.74 Å². The van der Waals surface area contributed by atoms with Crippen LogP contribution in [0.1, 0.15) is 43.2 Å². The van der Waals surface area contributed by atoms with E-state index in [4.69, 9.17) is 16.3 Å². The quantitative estimate of drug-likeness (QED) is 0.656. The number of aryl methyl sites for hydroxylation is 1. The van der Waals surface area contributed by atoms with Gasteiger partial charge < -0.3 is 9.64 Å². The Hall–Kier alpha value is -0.730. The number of benzene rings is 1. The molecule has 0 fully saturated rings. The van der Waals surface area contributed by atoms with Crippen LogP contribution in [0.15, 0.2) is 18.2 Å². The summed E-state index contributed by atoms with van der Waals surface area (Å²) < 4.78 is 5.28. The Balaban J connectivity index is 2.65. The second-order valence-electron chi connectivity index (χ2n) is 4.94. The first kappa shape index (κ1) is 16.3. The topological polar surface area (TPSA) is 12.5 Å². The number of halogens is 1. The molecule has 0 heterocycles. The molecule has 0 saturated carbocycles. The van der Waals surface area contributed by atoms with Crippen LogP contribution in [0.4, 0.5) is 0 Å². The number of hydrogen-bond donors (Lipinski definition) is 0. The fraction of sp³-hybridized carbons (Fsp3) is 0.625. The summed E-state index contributed by atoms with van der Waals surface area (Å²) >= 11 is 6.54. The Labute approximate surface area is 122 Å². The maximum atomic E-state index is 6.54. The van der Waals surface area contributed by atoms with Crippen LogP contribution in [0.2, 0.25) is 0 Å². The number of alkyl halides is 1. The van der Waals surface area contributed by atoms with Gasteiger partial charge in [-0.1, -0.05) is 32.4 Å². The van der Waals surface area contributed by atoms with Gasteiger partial charge in [0.1, 0.15) is 5.75 Å². The Morgan fingerprint density at radius 2 is 2.05 bits per heavy atom. The molecule has 3 heteroatoms. The van der Waals surface area contributed by atoms with Crippen molar-refractivity contribution in [2.45, 2.75) is 39.0 Å². The lowest BCUT2D eigenvalue weighted by molar-refractivity contribution is 0.283. The molecule has 0 N–H and O–H groups in total. The van der Waals surface area contributed by atoms with Crippen LogP contribution >= 0.6 is 11.6 Å². The Kier molecular flexibility index (Phi) is 7.25. The minimum absolute atomic E-state index is 0.0430. The molecule has 108 valence electrons. The molecular formula is C16H26ClNO. The van der Waals surface area contributed by atoms with E-state index in [-0.39, 0.29) is 5.38 Å². The van der Waals surface area contributed by atoms with Crippen molar-refractivity contribution in [3.63, 3.8) is 0 Å². The number of hydrogen-bond acceptors (Lipinski definition) is 2. The van der Waals surface area contributed by atoms with Crippen LogP contribution in [0.5, 0.6) is 5.75 Å². The number of ether oxygens (including phenoxy) is 1. The van der Waals surface area contributed by atoms with E-state index >= 15 is 0 Å². The summed E-state index contributed by atoms with van der Waals surface area (Å²) in [6.07, 6.45) is 2.46. The number of likely N-dealkylation sites (N-methyl/N-ethyl adjacent to an activating group) is 1. The van der Waals surface area contributed by atoms with Crippen molar-refractivity contribution in [2.75, 3.05) is 26.7 Å². The summed E-state index contributed by atoms with van der Waals surface area (Å²) in [5, 5.41) is 0.0430. The Morgan fingerprint density at radius 3 is 2.58 bits per heavy atom. The van der Waals surface area contributed by atoms with Crippen molar-refractivity contribution in [2.24, 2.45) is 0 Å². The van der Waals surface area contributed by atoms with Crippen molar-refractivity contribution >= 4 is 11.6 Å². The number of nitrogens with zero attached hydrogens (tertiary/aromatic N) is 1. The third kappa shape index (κ3) is 5.04. The smallest absolute Gasteiger partial charge is 0.121 e. The zero-order chi connectivity index (χ0) is 14.3. The molecule has 0 aliphatic heterocycles. The fourth-order valence-corrected chi connectivity index (χ4v) is 2.52. The van der Waals surface area contributed by atoms with Gasteiger partial charge in [-0.3, -0.25) is 0 Å². The van der Waals surface area contributed by atoms with Crippen LogP contribution in [0, 0.1) is 6.92 Å². The number of unbranched alkanes of at least 4 members (excludes halogenated alkanes) is 1. The molecule has 0 aromatic heterocycles. The average Bonchev–Trinajstić information content (AvgIpc) is 2.43. The molecule has 1 unspecified atom stereocenters. The lowest BCUT2D eigenvalue weighted by atomic mass is 10.1. The normalized spacial score (nSPS) is 12.7. The van der Waals surface area contributed by atoms with E-state index in [1.54, 1.807) is 7.11 Å². The van der Waals surface area contributed by atoms with Crippen LogP contribution in [-0.4, -0.2) is 31.6 Å². The van der Waals surface area contributed by atoms with Gasteiger partial charge in [0.25, 0.3) is 0 Å². The largest absolute Gasteiger partial charge is 0.496 e. The molecule has 2 nitrogen and oxygen atoms in total. The van der Waals surface area contributed by atoms with Gasteiger partial charge in [-0.15, -0.1) is 11.6 Å². The van der Waals surface area contributed by atoms with Gasteiger partial charge in [-0.2, -0.15) is 0 Å². The standard InChI is InChI=1S/C16H26ClNO/c1-5-7-10-18(6-2)12-15(17)14-8-9-16(19-4)13(3)11-14/h8-9,11,15H,5-7,10,12H2,1-4H3. The molecule has 19 heavy (non-hydrogen) atoms. The van der Waals surface area contributed by atoms with Crippen molar-refractivity contribution < 1.29 is 4.74 Å². The highest BCUT2D eigenvalue weighted by Gasteiger charge is 2.13. The Bertz CT molecular complexity index is 381. The minimum Gasteiger partial charge on any atom is -0.496 e. The second kappa shape index (κ2) is 8.44. The molecule has 0 bridgehead atoms. The highest BCUT2D eigenvalue weighted by atomic mass is 35.5. The first-order valence-electron chi connectivity index (χ1n) is 7.13. The lowest BCUT2D eigenvalue weighted by Gasteiger charge is -2.23. The van der Waals surface area contributed by atoms with E-state index < -0.39 is 0 Å². The zero-order valence-electron chi connectivity index (χ0n) is 12.6. The highest BCUT2D eigenvalue weighted by molar-refractivity contribution is 6.21. The Morgan fingerprint density at radius 1 is 1.32 bits per heavy atom. The van der Waals surface area contributed by atoms with Gasteiger partial charge in [0.15, 0.2) is 0 Å². The zero-order valence-corrected chi connectivity index (χ0v) is 13.3. The van der Waals surface area contributed by atoms with Crippen LogP contribution in [0.25, 0.3) is 0 Å². The average molecular weight is 284 g/mol. The highest BCUT2D eigenvalue weighted by Crippen LogP contribution is 2.27. The summed E-state index contributed by atoms with van der Waals surface area (Å²) in [7, 11) is 1.70. The van der Waals surface area contributed by atoms with E-state index in [1.165, 1.54) is 18.4 Å². The number of rotatable bonds is 8. The fourth-order valence-electron chi connectivity index (χ4n) is 2.19. The molecule has 1 aromatic carbocycles. The molecule has 1 aromatic rings. The molecule has 0 radical (unpaired) electrons. The van der Waals surface area contributed by atoms with Gasteiger partial charge in [-0.25, -0.2) is 0 Å². The van der Waals surface area contributed by atoms with E-state index in [0.29, 0.717) is 0 Å². The SMILES string of the molecule is CCCCN(CC)CC(Cl)c1ccc(OC)c(C)c1. The van der Waals surface area contributed by atoms with Gasteiger partial charge in [0, 0.05) is 6.54 Å². The summed E-state index contributed by atoms with van der Waals surface area (Å²) in [6.45, 7) is 9.56. The number of methoxy groups -OCH3 is 1. The monoisotopic (exact) mass is 283 g/mol. The predicted molar refractivity (Wildman–Crippen MR) is 83.3 cm³/mol. The van der Waals surface area contributed by atoms with Crippen LogP contribution in [0.3, 0.4) is 0 Å². The molecule has 0 saturated heterocycles. The maximum absolute atomic E-state index is 6.54. The van der Waals surface area contributed by atoms with Gasteiger partial charge >= 0.3 is 0 Å². The van der Waals surface area contributed by atoms with E-state index in [1.807, 2.05) is 6.07 Å². The third-order valence-electron chi connectivity index (χ3n) is 3.47. The third-order valence-corrected chi connectivity index (χ3v) is 3.86. The van der Waals surface area contributed by atoms with Gasteiger partial charge in [-0.05, 0) is 43.6 Å². The molecular weight excluding hydrogens is 258 g/mol. The van der Waals surface area contributed by atoms with Crippen molar-refractivity contribution in [3.05, 3.63) is 29.3 Å². The first-order valence-corrected chi connectivity index (χ1v) is 7.56. The molecule has 1 atom stereocenters. The van der Waals surface area contributed by atoms with Gasteiger partial charge in [0.05, 0.1) is 12.5 Å². The van der Waals surface area contributed by atoms with Crippen molar-refractivity contribution in [3.8, 4) is 5.75 Å². The lowest BCUT2D eigenvalue weighted by Crippen LogP contribution is -2.28. The van der Waals surface area contributed by atoms with Gasteiger partial charge in [0.2, 0.25) is 0 Å². The predicted octanol–water partition coefficient (Wildman–Crippen LogP) is 4.41. The molecule has 0 aliphatic carbocycles. The molecule has 1 rings (SSSR count). The molecule has 0 amide bonds. The molecule has 0 spiro atoms.